The predicted molar refractivity (Wildman–Crippen MR) is 417 cm³/mol. The van der Waals surface area contributed by atoms with Crippen LogP contribution in [0.1, 0.15) is 130 Å². The van der Waals surface area contributed by atoms with Crippen molar-refractivity contribution < 1.29 is 93.2 Å². The zero-order valence-electron chi connectivity index (χ0n) is 63.5. The molecule has 8 amide bonds. The molecule has 1 saturated heterocycles. The number of anilines is 1. The number of ether oxygens (including phenoxy) is 3. The lowest BCUT2D eigenvalue weighted by atomic mass is 9.51. The highest BCUT2D eigenvalue weighted by atomic mass is 32.2. The molecule has 5 unspecified atom stereocenters. The average molecular weight is 1610 g/mol. The molecule has 0 spiro atoms. The molecule has 11 rings (SSSR count). The second-order valence-electron chi connectivity index (χ2n) is 31.1. The third kappa shape index (κ3) is 21.2. The van der Waals surface area contributed by atoms with Crippen molar-refractivity contribution in [2.45, 2.75) is 143 Å². The molecule has 2 aliphatic heterocycles. The van der Waals surface area contributed by atoms with Gasteiger partial charge in [0.05, 0.1) is 77.7 Å². The van der Waals surface area contributed by atoms with E-state index in [0.29, 0.717) is 75.4 Å². The second-order valence-corrected chi connectivity index (χ2v) is 35.2. The van der Waals surface area contributed by atoms with E-state index in [0.717, 1.165) is 61.0 Å². The minimum atomic E-state index is -4.55. The molecule has 113 heavy (non-hydrogen) atoms. The SMILES string of the molecule is Cc1c(-c2ccc(-c3ccc4cccc(C(=O)Nc5nc6ccccc6s5)c4c3)nc2C(=O)O)cnn1CC1(C)CC2(C)CC(C)CC(OCCN(CCS(=O)(=O)O)C(=O)OCc3ccc(CC(=O)[C@H](CCCNC(N)=O)NC(=O)[C@@H](CC(=O)CN4C(=O)C(N5C(=O)C=CC5=O)C[C@H]4COCCS(=O)(=O)O)C(C)C)cc3)(C2)C1. The molecule has 8 N–H and O–H groups in total. The number of benzene rings is 4. The van der Waals surface area contributed by atoms with Crippen LogP contribution >= 0.6 is 11.3 Å². The number of ketones is 2. The first kappa shape index (κ1) is 83.7. The van der Waals surface area contributed by atoms with Crippen molar-refractivity contribution in [1.82, 2.24) is 45.1 Å². The molecule has 3 fully saturated rings. The molecule has 2 bridgehead atoms. The number of nitrogens with zero attached hydrogens (tertiary/aromatic N) is 7. The van der Waals surface area contributed by atoms with Gasteiger partial charge in [0, 0.05) is 91.5 Å². The summed E-state index contributed by atoms with van der Waals surface area (Å²) in [6.07, 6.45) is 5.88. The van der Waals surface area contributed by atoms with Crippen LogP contribution < -0.4 is 21.7 Å². The van der Waals surface area contributed by atoms with Gasteiger partial charge >= 0.3 is 18.1 Å². The van der Waals surface area contributed by atoms with Crippen molar-refractivity contribution in [3.63, 3.8) is 0 Å². The first-order valence-electron chi connectivity index (χ1n) is 37.3. The highest BCUT2D eigenvalue weighted by Crippen LogP contribution is 2.60. The van der Waals surface area contributed by atoms with Crippen molar-refractivity contribution in [2.24, 2.45) is 34.3 Å². The smallest absolute Gasteiger partial charge is 0.410 e. The second kappa shape index (κ2) is 35.0. The first-order chi connectivity index (χ1) is 53.4. The number of nitrogens with one attached hydrogen (secondary N) is 3. The fourth-order valence-electron chi connectivity index (χ4n) is 16.8. The minimum absolute atomic E-state index is 0.0213. The van der Waals surface area contributed by atoms with E-state index >= 15 is 0 Å². The van der Waals surface area contributed by atoms with Gasteiger partial charge in [-0.25, -0.2) is 24.4 Å². The van der Waals surface area contributed by atoms with Crippen LogP contribution in [0, 0.1) is 35.5 Å². The van der Waals surface area contributed by atoms with Gasteiger partial charge in [-0.3, -0.25) is 57.6 Å². The van der Waals surface area contributed by atoms with Crippen LogP contribution in [0.25, 0.3) is 43.4 Å². The van der Waals surface area contributed by atoms with Gasteiger partial charge in [-0.05, 0) is 133 Å². The number of primary amides is 1. The molecular formula is C79H93N11O20S3. The topological polar surface area (TPSA) is 443 Å². The maximum Gasteiger partial charge on any atom is 0.410 e. The first-order valence-corrected chi connectivity index (χ1v) is 41.3. The Morgan fingerprint density at radius 1 is 0.823 bits per heavy atom. The van der Waals surface area contributed by atoms with E-state index in [-0.39, 0.29) is 81.5 Å². The summed E-state index contributed by atoms with van der Waals surface area (Å²) in [5.74, 6) is -8.41. The zero-order chi connectivity index (χ0) is 81.5. The zero-order valence-corrected chi connectivity index (χ0v) is 65.9. The number of hydrogen-bond acceptors (Lipinski definition) is 21. The summed E-state index contributed by atoms with van der Waals surface area (Å²) in [5.41, 5.74) is 8.63. The Morgan fingerprint density at radius 3 is 2.25 bits per heavy atom. The van der Waals surface area contributed by atoms with Crippen LogP contribution in [0.2, 0.25) is 0 Å². The van der Waals surface area contributed by atoms with Crippen LogP contribution in [0.5, 0.6) is 0 Å². The molecule has 4 aliphatic rings. The number of Topliss-reactive ketones (excluding diaryl/α,β-unsaturated/α-hetero) is 2. The maximum absolute atomic E-state index is 14.2. The van der Waals surface area contributed by atoms with Crippen LogP contribution in [0.3, 0.4) is 0 Å². The lowest BCUT2D eigenvalue weighted by molar-refractivity contribution is -0.179. The van der Waals surface area contributed by atoms with E-state index in [1.807, 2.05) is 60.1 Å². The fourth-order valence-corrected chi connectivity index (χ4v) is 18.5. The number of thiazole rings is 1. The van der Waals surface area contributed by atoms with Crippen molar-refractivity contribution in [1.29, 1.82) is 0 Å². The standard InChI is InChI=1S/C79H93N11O20S3/c1-47(2)58(36-55(91)40-88-54(42-108-30-32-113(105,106)107)35-64(72(88)97)90-67(93)24-25-68(90)94)71(96)84-62(14-10-26-81-74(80)100)65(92)33-50-16-18-51(19-17-50)41-109-76(101)87(28-31-112(102,103)104)27-29-110-79-38-48(3)37-77(5,44-79)43-78(6,45-79)46-89-49(4)60(39-82-89)56-22-23-61(83-69(56)73(98)99)53-21-20-52-11-9-12-57(59(52)34-53)70(95)86-75-85-63-13-7-8-15-66(63)111-75/h7-9,11-13,15-25,34,39,47-48,54,58,62,64H,10,14,26-33,35-38,40-46H2,1-6H3,(H,84,96)(H,98,99)(H3,80,81,100)(H,85,86,95)(H,102,103,104)(H,105,106,107)/t48?,54-,58-,62-,64?,77?,78?,79?/m0/s1. The van der Waals surface area contributed by atoms with E-state index in [9.17, 15) is 79.0 Å². The normalized spacial score (nSPS) is 20.9. The van der Waals surface area contributed by atoms with E-state index in [2.05, 4.69) is 41.7 Å². The number of carboxylic acid groups (broad SMARTS) is 1. The van der Waals surface area contributed by atoms with E-state index < -0.39 is 152 Å². The number of para-hydroxylation sites is 1. The molecule has 3 aromatic heterocycles. The number of aromatic nitrogens is 4. The number of urea groups is 1. The van der Waals surface area contributed by atoms with Gasteiger partial charge in [0.1, 0.15) is 12.6 Å². The van der Waals surface area contributed by atoms with Crippen molar-refractivity contribution in [3.8, 4) is 22.4 Å². The lowest BCUT2D eigenvalue weighted by Gasteiger charge is -2.58. The number of amides is 8. The molecule has 2 saturated carbocycles. The number of likely N-dealkylation sites (tertiary alicyclic amines) is 1. The molecule has 34 heteroatoms. The largest absolute Gasteiger partial charge is 0.476 e. The summed E-state index contributed by atoms with van der Waals surface area (Å²) >= 11 is 1.37. The number of carbonyl (C=O) groups is 10. The Hall–Kier alpha value is -10.2. The number of rotatable bonds is 36. The Labute approximate surface area is 657 Å². The minimum Gasteiger partial charge on any atom is -0.476 e. The number of fused-ring (bicyclic) bond motifs is 4. The van der Waals surface area contributed by atoms with Gasteiger partial charge in [0.25, 0.3) is 38.0 Å². The number of carboxylic acids is 1. The van der Waals surface area contributed by atoms with E-state index in [4.69, 9.17) is 30.0 Å². The Balaban J connectivity index is 0.710. The molecule has 7 aromatic rings. The van der Waals surface area contributed by atoms with E-state index in [1.165, 1.54) is 11.3 Å². The van der Waals surface area contributed by atoms with Gasteiger partial charge < -0.3 is 45.5 Å². The quantitative estimate of drug-likeness (QED) is 0.0110. The summed E-state index contributed by atoms with van der Waals surface area (Å²) in [6, 6.07) is 24.3. The number of nitrogens with two attached hydrogens (primary N) is 1. The van der Waals surface area contributed by atoms with E-state index in [1.54, 1.807) is 68.6 Å². The molecule has 2 aliphatic carbocycles. The van der Waals surface area contributed by atoms with Gasteiger partial charge in [-0.15, -0.1) is 0 Å². The number of imide groups is 1. The van der Waals surface area contributed by atoms with Crippen LogP contribution in [-0.4, -0.2) is 206 Å². The molecule has 4 aromatic carbocycles. The Bertz CT molecular complexity index is 5060. The number of carbonyl (C=O) groups excluding carboxylic acids is 9. The van der Waals surface area contributed by atoms with Crippen LogP contribution in [-0.2, 0) is 82.8 Å². The molecule has 31 nitrogen and oxygen atoms in total. The van der Waals surface area contributed by atoms with Gasteiger partial charge in [0.15, 0.2) is 22.4 Å². The lowest BCUT2D eigenvalue weighted by Crippen LogP contribution is -2.55. The third-order valence-corrected chi connectivity index (χ3v) is 23.7. The van der Waals surface area contributed by atoms with Gasteiger partial charge in [0.2, 0.25) is 11.8 Å². The predicted octanol–water partition coefficient (Wildman–Crippen LogP) is 8.62. The fraction of sp³-hybridized carbons (Fsp3) is 0.456. The summed E-state index contributed by atoms with van der Waals surface area (Å²) in [4.78, 5) is 146. The van der Waals surface area contributed by atoms with Crippen molar-refractivity contribution in [3.05, 3.63) is 143 Å². The average Bonchev–Trinajstić information content (AvgIpc) is 1.63. The van der Waals surface area contributed by atoms with Gasteiger partial charge in [-0.2, -0.15) is 21.9 Å². The third-order valence-electron chi connectivity index (χ3n) is 21.3. The number of pyridine rings is 1. The van der Waals surface area contributed by atoms with Crippen molar-refractivity contribution in [2.75, 3.05) is 62.8 Å². The summed E-state index contributed by atoms with van der Waals surface area (Å²) < 4.78 is 87.1. The molecule has 0 radical (unpaired) electrons. The summed E-state index contributed by atoms with van der Waals surface area (Å²) in [7, 11) is -8.96. The summed E-state index contributed by atoms with van der Waals surface area (Å²) in [6.45, 7) is 10.1. The Morgan fingerprint density at radius 2 is 1.55 bits per heavy atom. The van der Waals surface area contributed by atoms with Crippen LogP contribution in [0.4, 0.5) is 14.7 Å². The maximum atomic E-state index is 14.2. The number of hydrogen-bond donors (Lipinski definition) is 7. The molecule has 8 atom stereocenters. The monoisotopic (exact) mass is 1610 g/mol. The Kier molecular flexibility index (Phi) is 25.9. The molecule has 5 heterocycles. The molecular weight excluding hydrogens is 1520 g/mol. The number of aromatic carboxylic acids is 1. The molecule has 602 valence electrons. The summed E-state index contributed by atoms with van der Waals surface area (Å²) in [5, 5.41) is 25.7. The highest BCUT2D eigenvalue weighted by molar-refractivity contribution is 7.86. The van der Waals surface area contributed by atoms with Gasteiger partial charge in [-0.1, -0.05) is 107 Å². The highest BCUT2D eigenvalue weighted by Gasteiger charge is 2.56. The van der Waals surface area contributed by atoms with Crippen LogP contribution in [0.15, 0.2) is 115 Å². The van der Waals surface area contributed by atoms with Crippen molar-refractivity contribution >= 4 is 117 Å².